The van der Waals surface area contributed by atoms with E-state index < -0.39 is 10.0 Å². The molecule has 0 fully saturated rings. The molecule has 0 aliphatic heterocycles. The van der Waals surface area contributed by atoms with Gasteiger partial charge in [0.1, 0.15) is 5.75 Å². The second-order valence-corrected chi connectivity index (χ2v) is 8.85. The molecular formula is C21H29N3O4S. The fourth-order valence-corrected chi connectivity index (χ4v) is 3.91. The van der Waals surface area contributed by atoms with Gasteiger partial charge in [-0.3, -0.25) is 4.79 Å². The van der Waals surface area contributed by atoms with Gasteiger partial charge < -0.3 is 15.8 Å². The maximum Gasteiger partial charge on any atom is 0.235 e. The Morgan fingerprint density at radius 3 is 2.38 bits per heavy atom. The highest BCUT2D eigenvalue weighted by molar-refractivity contribution is 7.89. The van der Waals surface area contributed by atoms with Crippen LogP contribution in [0.4, 0.5) is 0 Å². The molecule has 0 spiro atoms. The molecule has 29 heavy (non-hydrogen) atoms. The number of rotatable bonds is 11. The van der Waals surface area contributed by atoms with E-state index in [1.807, 2.05) is 48.5 Å². The van der Waals surface area contributed by atoms with Crippen molar-refractivity contribution in [1.82, 2.24) is 9.62 Å². The van der Waals surface area contributed by atoms with Crippen LogP contribution in [-0.2, 0) is 34.3 Å². The lowest BCUT2D eigenvalue weighted by Crippen LogP contribution is -2.42. The first-order chi connectivity index (χ1) is 13.9. The first-order valence-electron chi connectivity index (χ1n) is 9.54. The summed E-state index contributed by atoms with van der Waals surface area (Å²) in [5.74, 6) is 0.295. The van der Waals surface area contributed by atoms with Crippen LogP contribution in [0, 0.1) is 0 Å². The molecule has 0 bridgehead atoms. The van der Waals surface area contributed by atoms with Crippen LogP contribution in [-0.4, -0.2) is 44.6 Å². The van der Waals surface area contributed by atoms with E-state index in [1.165, 1.54) is 4.31 Å². The van der Waals surface area contributed by atoms with Gasteiger partial charge in [0, 0.05) is 19.6 Å². The molecule has 2 rings (SSSR count). The van der Waals surface area contributed by atoms with Gasteiger partial charge in [0.25, 0.3) is 0 Å². The van der Waals surface area contributed by atoms with Crippen LogP contribution >= 0.6 is 0 Å². The van der Waals surface area contributed by atoms with Crippen LogP contribution in [0.2, 0.25) is 0 Å². The normalized spacial score (nSPS) is 11.4. The lowest BCUT2D eigenvalue weighted by atomic mass is 10.1. The van der Waals surface area contributed by atoms with Crippen molar-refractivity contribution in [3.05, 3.63) is 65.2 Å². The standard InChI is InChI=1S/C21H29N3O4S/c1-3-29(26,27)24(13-12-19-6-4-5-7-20(19)28-2)16-21(25)23-15-18-10-8-17(14-22)9-11-18/h4-11H,3,12-16,22H2,1-2H3,(H,23,25). The first kappa shape index (κ1) is 22.9. The molecule has 0 saturated carbocycles. The number of hydrogen-bond acceptors (Lipinski definition) is 5. The maximum absolute atomic E-state index is 12.5. The highest BCUT2D eigenvalue weighted by atomic mass is 32.2. The Balaban J connectivity index is 1.99. The molecule has 0 radical (unpaired) electrons. The lowest BCUT2D eigenvalue weighted by Gasteiger charge is -2.21. The number of methoxy groups -OCH3 is 1. The number of sulfonamides is 1. The van der Waals surface area contributed by atoms with Crippen LogP contribution in [0.3, 0.4) is 0 Å². The zero-order chi connectivity index (χ0) is 21.3. The number of nitrogens with one attached hydrogen (secondary N) is 1. The van der Waals surface area contributed by atoms with E-state index in [9.17, 15) is 13.2 Å². The topological polar surface area (TPSA) is 102 Å². The summed E-state index contributed by atoms with van der Waals surface area (Å²) in [6.45, 7) is 2.35. The molecule has 0 unspecified atom stereocenters. The van der Waals surface area contributed by atoms with Crippen molar-refractivity contribution in [3.63, 3.8) is 0 Å². The second kappa shape index (κ2) is 10.9. The molecule has 3 N–H and O–H groups in total. The summed E-state index contributed by atoms with van der Waals surface area (Å²) in [7, 11) is -1.94. The number of carbonyl (C=O) groups excluding carboxylic acids is 1. The quantitative estimate of drug-likeness (QED) is 0.577. The molecule has 158 valence electrons. The summed E-state index contributed by atoms with van der Waals surface area (Å²) < 4.78 is 31.5. The summed E-state index contributed by atoms with van der Waals surface area (Å²) in [4.78, 5) is 12.4. The van der Waals surface area contributed by atoms with Crippen molar-refractivity contribution in [1.29, 1.82) is 0 Å². The van der Waals surface area contributed by atoms with E-state index in [0.29, 0.717) is 25.3 Å². The van der Waals surface area contributed by atoms with Crippen LogP contribution in [0.1, 0.15) is 23.6 Å². The zero-order valence-electron chi connectivity index (χ0n) is 16.9. The minimum absolute atomic E-state index is 0.0627. The van der Waals surface area contributed by atoms with Gasteiger partial charge in [0.15, 0.2) is 0 Å². The predicted molar refractivity (Wildman–Crippen MR) is 114 cm³/mol. The van der Waals surface area contributed by atoms with Gasteiger partial charge >= 0.3 is 0 Å². The van der Waals surface area contributed by atoms with Crippen molar-refractivity contribution in [2.75, 3.05) is 26.0 Å². The Hall–Kier alpha value is -2.42. The predicted octanol–water partition coefficient (Wildman–Crippen LogP) is 1.66. The molecule has 0 aliphatic carbocycles. The van der Waals surface area contributed by atoms with Crippen LogP contribution in [0.15, 0.2) is 48.5 Å². The summed E-state index contributed by atoms with van der Waals surface area (Å²) in [5, 5.41) is 2.78. The van der Waals surface area contributed by atoms with E-state index in [4.69, 9.17) is 10.5 Å². The number of carbonyl (C=O) groups is 1. The monoisotopic (exact) mass is 419 g/mol. The number of hydrogen-bond donors (Lipinski definition) is 2. The zero-order valence-corrected chi connectivity index (χ0v) is 17.7. The largest absolute Gasteiger partial charge is 0.496 e. The fourth-order valence-electron chi connectivity index (χ4n) is 2.86. The number of amides is 1. The van der Waals surface area contributed by atoms with Crippen molar-refractivity contribution < 1.29 is 17.9 Å². The molecule has 0 aromatic heterocycles. The van der Waals surface area contributed by atoms with Gasteiger partial charge in [0.05, 0.1) is 19.4 Å². The SMILES string of the molecule is CCS(=O)(=O)N(CCc1ccccc1OC)CC(=O)NCc1ccc(CN)cc1. The number of nitrogens with zero attached hydrogens (tertiary/aromatic N) is 1. The maximum atomic E-state index is 12.5. The Kier molecular flexibility index (Phi) is 8.63. The van der Waals surface area contributed by atoms with Crippen molar-refractivity contribution in [2.24, 2.45) is 5.73 Å². The summed E-state index contributed by atoms with van der Waals surface area (Å²) in [6.07, 6.45) is 0.455. The molecule has 8 heteroatoms. The molecule has 0 aliphatic rings. The minimum Gasteiger partial charge on any atom is -0.496 e. The van der Waals surface area contributed by atoms with E-state index >= 15 is 0 Å². The van der Waals surface area contributed by atoms with Crippen molar-refractivity contribution in [2.45, 2.75) is 26.4 Å². The molecule has 7 nitrogen and oxygen atoms in total. The van der Waals surface area contributed by atoms with Gasteiger partial charge in [-0.1, -0.05) is 42.5 Å². The van der Waals surface area contributed by atoms with Gasteiger partial charge in [-0.2, -0.15) is 4.31 Å². The van der Waals surface area contributed by atoms with Crippen LogP contribution in [0.5, 0.6) is 5.75 Å². The van der Waals surface area contributed by atoms with E-state index in [1.54, 1.807) is 14.0 Å². The minimum atomic E-state index is -3.52. The number of ether oxygens (including phenoxy) is 1. The van der Waals surface area contributed by atoms with Crippen molar-refractivity contribution >= 4 is 15.9 Å². The Labute approximate surface area is 172 Å². The molecule has 0 atom stereocenters. The Morgan fingerprint density at radius 2 is 1.76 bits per heavy atom. The Bertz CT molecular complexity index is 898. The van der Waals surface area contributed by atoms with Crippen LogP contribution < -0.4 is 15.8 Å². The third kappa shape index (κ3) is 6.85. The molecular weight excluding hydrogens is 390 g/mol. The third-order valence-corrected chi connectivity index (χ3v) is 6.48. The smallest absolute Gasteiger partial charge is 0.235 e. The fraction of sp³-hybridized carbons (Fsp3) is 0.381. The summed E-state index contributed by atoms with van der Waals surface area (Å²) in [5.41, 5.74) is 8.41. The number of para-hydroxylation sites is 1. The van der Waals surface area contributed by atoms with Gasteiger partial charge in [-0.25, -0.2) is 8.42 Å². The second-order valence-electron chi connectivity index (χ2n) is 6.59. The first-order valence-corrected chi connectivity index (χ1v) is 11.1. The molecule has 2 aromatic rings. The summed E-state index contributed by atoms with van der Waals surface area (Å²) >= 11 is 0. The average Bonchev–Trinajstić information content (AvgIpc) is 2.75. The van der Waals surface area contributed by atoms with E-state index in [2.05, 4.69) is 5.32 Å². The van der Waals surface area contributed by atoms with Gasteiger partial charge in [0.2, 0.25) is 15.9 Å². The molecule has 2 aromatic carbocycles. The third-order valence-electron chi connectivity index (χ3n) is 4.65. The molecule has 1 amide bonds. The van der Waals surface area contributed by atoms with Crippen molar-refractivity contribution in [3.8, 4) is 5.75 Å². The highest BCUT2D eigenvalue weighted by Gasteiger charge is 2.23. The Morgan fingerprint density at radius 1 is 1.10 bits per heavy atom. The average molecular weight is 420 g/mol. The van der Waals surface area contributed by atoms with Crippen LogP contribution in [0.25, 0.3) is 0 Å². The number of nitrogens with two attached hydrogens (primary N) is 1. The lowest BCUT2D eigenvalue weighted by molar-refractivity contribution is -0.121. The molecule has 0 heterocycles. The van der Waals surface area contributed by atoms with E-state index in [-0.39, 0.29) is 24.7 Å². The number of benzene rings is 2. The van der Waals surface area contributed by atoms with Gasteiger partial charge in [-0.05, 0) is 36.1 Å². The highest BCUT2D eigenvalue weighted by Crippen LogP contribution is 2.18. The van der Waals surface area contributed by atoms with E-state index in [0.717, 1.165) is 16.7 Å². The van der Waals surface area contributed by atoms with Gasteiger partial charge in [-0.15, -0.1) is 0 Å². The summed E-state index contributed by atoms with van der Waals surface area (Å²) in [6, 6.07) is 15.0. The molecule has 0 saturated heterocycles.